The van der Waals surface area contributed by atoms with E-state index in [1.807, 2.05) is 18.5 Å². The van der Waals surface area contributed by atoms with Gasteiger partial charge in [-0.2, -0.15) is 0 Å². The molecule has 2 heterocycles. The van der Waals surface area contributed by atoms with E-state index in [4.69, 9.17) is 4.74 Å². The molecular formula is C18H23N3O. The average Bonchev–Trinajstić information content (AvgIpc) is 2.58. The highest BCUT2D eigenvalue weighted by molar-refractivity contribution is 5.28. The van der Waals surface area contributed by atoms with E-state index < -0.39 is 0 Å². The normalized spacial score (nSPS) is 16.6. The zero-order valence-electron chi connectivity index (χ0n) is 13.1. The first-order chi connectivity index (χ1) is 10.8. The first-order valence-corrected chi connectivity index (χ1v) is 7.80. The monoisotopic (exact) mass is 297 g/mol. The smallest absolute Gasteiger partial charge is 0.119 e. The SMILES string of the molecule is COc1cccc(CN2CCN(Cc3ccncc3)CC2)c1. The number of benzene rings is 1. The quantitative estimate of drug-likeness (QED) is 0.847. The van der Waals surface area contributed by atoms with Gasteiger partial charge in [-0.15, -0.1) is 0 Å². The van der Waals surface area contributed by atoms with Crippen LogP contribution in [0.4, 0.5) is 0 Å². The number of nitrogens with zero attached hydrogens (tertiary/aromatic N) is 3. The summed E-state index contributed by atoms with van der Waals surface area (Å²) >= 11 is 0. The summed E-state index contributed by atoms with van der Waals surface area (Å²) in [6.07, 6.45) is 3.74. The Morgan fingerprint density at radius 1 is 0.909 bits per heavy atom. The van der Waals surface area contributed by atoms with Gasteiger partial charge in [0.2, 0.25) is 0 Å². The second-order valence-electron chi connectivity index (χ2n) is 5.76. The van der Waals surface area contributed by atoms with Crippen LogP contribution in [-0.2, 0) is 13.1 Å². The predicted molar refractivity (Wildman–Crippen MR) is 87.8 cm³/mol. The van der Waals surface area contributed by atoms with Gasteiger partial charge in [0.25, 0.3) is 0 Å². The highest BCUT2D eigenvalue weighted by Crippen LogP contribution is 2.16. The first kappa shape index (κ1) is 15.0. The van der Waals surface area contributed by atoms with Crippen LogP contribution in [0.5, 0.6) is 5.75 Å². The van der Waals surface area contributed by atoms with Crippen LogP contribution in [0.15, 0.2) is 48.8 Å². The molecule has 4 nitrogen and oxygen atoms in total. The highest BCUT2D eigenvalue weighted by Gasteiger charge is 2.17. The summed E-state index contributed by atoms with van der Waals surface area (Å²) in [6, 6.07) is 12.6. The van der Waals surface area contributed by atoms with Crippen molar-refractivity contribution < 1.29 is 4.74 Å². The van der Waals surface area contributed by atoms with E-state index in [2.05, 4.69) is 45.1 Å². The Morgan fingerprint density at radius 2 is 1.55 bits per heavy atom. The molecule has 3 rings (SSSR count). The van der Waals surface area contributed by atoms with Crippen molar-refractivity contribution in [3.8, 4) is 5.75 Å². The molecule has 0 saturated carbocycles. The summed E-state index contributed by atoms with van der Waals surface area (Å²) in [6.45, 7) is 6.49. The van der Waals surface area contributed by atoms with E-state index in [1.54, 1.807) is 7.11 Å². The number of hydrogen-bond donors (Lipinski definition) is 0. The first-order valence-electron chi connectivity index (χ1n) is 7.80. The van der Waals surface area contributed by atoms with E-state index >= 15 is 0 Å². The fourth-order valence-electron chi connectivity index (χ4n) is 2.88. The van der Waals surface area contributed by atoms with Gasteiger partial charge in [0, 0.05) is 51.7 Å². The van der Waals surface area contributed by atoms with E-state index in [-0.39, 0.29) is 0 Å². The van der Waals surface area contributed by atoms with Crippen molar-refractivity contribution in [2.45, 2.75) is 13.1 Å². The molecule has 0 unspecified atom stereocenters. The van der Waals surface area contributed by atoms with Gasteiger partial charge in [0.15, 0.2) is 0 Å². The van der Waals surface area contributed by atoms with E-state index in [0.29, 0.717) is 0 Å². The Hall–Kier alpha value is -1.91. The molecule has 1 saturated heterocycles. The summed E-state index contributed by atoms with van der Waals surface area (Å²) < 4.78 is 5.30. The molecule has 0 radical (unpaired) electrons. The molecule has 0 bridgehead atoms. The summed E-state index contributed by atoms with van der Waals surface area (Å²) in [4.78, 5) is 9.10. The lowest BCUT2D eigenvalue weighted by Crippen LogP contribution is -2.45. The number of piperazine rings is 1. The Balaban J connectivity index is 1.49. The maximum atomic E-state index is 5.30. The minimum Gasteiger partial charge on any atom is -0.497 e. The zero-order chi connectivity index (χ0) is 15.2. The van der Waals surface area contributed by atoms with Gasteiger partial charge < -0.3 is 4.74 Å². The third kappa shape index (κ3) is 4.06. The molecule has 22 heavy (non-hydrogen) atoms. The van der Waals surface area contributed by atoms with Crippen molar-refractivity contribution in [2.75, 3.05) is 33.3 Å². The third-order valence-electron chi connectivity index (χ3n) is 4.16. The lowest BCUT2D eigenvalue weighted by atomic mass is 10.1. The summed E-state index contributed by atoms with van der Waals surface area (Å²) in [5, 5.41) is 0. The van der Waals surface area contributed by atoms with Crippen LogP contribution < -0.4 is 4.74 Å². The molecular weight excluding hydrogens is 274 g/mol. The molecule has 0 aliphatic carbocycles. The number of pyridine rings is 1. The van der Waals surface area contributed by atoms with Gasteiger partial charge in [0.1, 0.15) is 5.75 Å². The summed E-state index contributed by atoms with van der Waals surface area (Å²) in [5.74, 6) is 0.939. The molecule has 2 aromatic rings. The Labute approximate surface area is 132 Å². The minimum absolute atomic E-state index is 0.939. The van der Waals surface area contributed by atoms with Crippen LogP contribution in [-0.4, -0.2) is 48.1 Å². The molecule has 0 atom stereocenters. The van der Waals surface area contributed by atoms with Crippen LogP contribution in [0, 0.1) is 0 Å². The molecule has 4 heteroatoms. The van der Waals surface area contributed by atoms with Gasteiger partial charge in [-0.1, -0.05) is 12.1 Å². The molecule has 0 amide bonds. The maximum absolute atomic E-state index is 5.30. The van der Waals surface area contributed by atoms with Crippen molar-refractivity contribution in [1.82, 2.24) is 14.8 Å². The summed E-state index contributed by atoms with van der Waals surface area (Å²) in [7, 11) is 1.72. The fraction of sp³-hybridized carbons (Fsp3) is 0.389. The van der Waals surface area contributed by atoms with Crippen molar-refractivity contribution in [2.24, 2.45) is 0 Å². The lowest BCUT2D eigenvalue weighted by molar-refractivity contribution is 0.122. The molecule has 0 N–H and O–H groups in total. The number of methoxy groups -OCH3 is 1. The zero-order valence-corrected chi connectivity index (χ0v) is 13.1. The van der Waals surface area contributed by atoms with Crippen LogP contribution in [0.1, 0.15) is 11.1 Å². The molecule has 1 fully saturated rings. The molecule has 1 aromatic carbocycles. The topological polar surface area (TPSA) is 28.6 Å². The van der Waals surface area contributed by atoms with Crippen LogP contribution in [0.25, 0.3) is 0 Å². The van der Waals surface area contributed by atoms with E-state index in [9.17, 15) is 0 Å². The van der Waals surface area contributed by atoms with Crippen LogP contribution in [0.2, 0.25) is 0 Å². The van der Waals surface area contributed by atoms with Crippen LogP contribution >= 0.6 is 0 Å². The molecule has 116 valence electrons. The lowest BCUT2D eigenvalue weighted by Gasteiger charge is -2.34. The standard InChI is InChI=1S/C18H23N3O/c1-22-18-4-2-3-17(13-18)15-21-11-9-20(10-12-21)14-16-5-7-19-8-6-16/h2-8,13H,9-12,14-15H2,1H3. The second-order valence-corrected chi connectivity index (χ2v) is 5.76. The molecule has 1 aromatic heterocycles. The van der Waals surface area contributed by atoms with Crippen molar-refractivity contribution in [3.63, 3.8) is 0 Å². The number of aromatic nitrogens is 1. The predicted octanol–water partition coefficient (Wildman–Crippen LogP) is 2.41. The van der Waals surface area contributed by atoms with Gasteiger partial charge in [-0.25, -0.2) is 0 Å². The highest BCUT2D eigenvalue weighted by atomic mass is 16.5. The number of hydrogen-bond acceptors (Lipinski definition) is 4. The largest absolute Gasteiger partial charge is 0.497 e. The molecule has 1 aliphatic rings. The fourth-order valence-corrected chi connectivity index (χ4v) is 2.88. The maximum Gasteiger partial charge on any atom is 0.119 e. The second kappa shape index (κ2) is 7.38. The van der Waals surface area contributed by atoms with Crippen molar-refractivity contribution in [3.05, 3.63) is 59.9 Å². The van der Waals surface area contributed by atoms with E-state index in [0.717, 1.165) is 45.0 Å². The Kier molecular flexibility index (Phi) is 5.03. The van der Waals surface area contributed by atoms with Crippen molar-refractivity contribution in [1.29, 1.82) is 0 Å². The van der Waals surface area contributed by atoms with Gasteiger partial charge in [-0.3, -0.25) is 14.8 Å². The Bertz CT molecular complexity index is 580. The Morgan fingerprint density at radius 3 is 2.18 bits per heavy atom. The third-order valence-corrected chi connectivity index (χ3v) is 4.16. The van der Waals surface area contributed by atoms with Crippen LogP contribution in [0.3, 0.4) is 0 Å². The number of rotatable bonds is 5. The number of ether oxygens (including phenoxy) is 1. The van der Waals surface area contributed by atoms with Gasteiger partial charge in [0.05, 0.1) is 7.11 Å². The van der Waals surface area contributed by atoms with Crippen molar-refractivity contribution >= 4 is 0 Å². The minimum atomic E-state index is 0.939. The summed E-state index contributed by atoms with van der Waals surface area (Å²) in [5.41, 5.74) is 2.66. The van der Waals surface area contributed by atoms with Gasteiger partial charge >= 0.3 is 0 Å². The molecule has 0 spiro atoms. The molecule has 1 aliphatic heterocycles. The van der Waals surface area contributed by atoms with E-state index in [1.165, 1.54) is 11.1 Å². The average molecular weight is 297 g/mol. The van der Waals surface area contributed by atoms with Gasteiger partial charge in [-0.05, 0) is 35.4 Å².